The molecule has 7 heteroatoms. The third kappa shape index (κ3) is 7.68. The van der Waals surface area contributed by atoms with Gasteiger partial charge in [0.15, 0.2) is 0 Å². The third-order valence-corrected chi connectivity index (χ3v) is 5.87. The second-order valence-corrected chi connectivity index (χ2v) is 8.84. The monoisotopic (exact) mass is 511 g/mol. The van der Waals surface area contributed by atoms with E-state index in [0.29, 0.717) is 17.9 Å². The molecule has 3 aromatic rings. The van der Waals surface area contributed by atoms with Gasteiger partial charge < -0.3 is 9.47 Å². The van der Waals surface area contributed by atoms with Gasteiger partial charge >= 0.3 is 12.1 Å². The number of rotatable bonds is 10. The van der Waals surface area contributed by atoms with Gasteiger partial charge in [-0.25, -0.2) is 9.78 Å². The molecule has 0 aliphatic heterocycles. The Morgan fingerprint density at radius 3 is 2.30 bits per heavy atom. The standard InChI is InChI=1S/C30H32F3NO3/c1-5-7-11-27(37-29-20(3)18-22(19-21(29)4)12-17-28(35)36-6-2)26-10-8-9-25(34-26)23-13-15-24(16-14-23)30(31,32)33/h8-10,12-19,27H,5-7,11H2,1-4H3. The molecule has 1 aromatic heterocycles. The summed E-state index contributed by atoms with van der Waals surface area (Å²) < 4.78 is 50.3. The third-order valence-electron chi connectivity index (χ3n) is 5.87. The van der Waals surface area contributed by atoms with Gasteiger partial charge in [0.25, 0.3) is 0 Å². The Morgan fingerprint density at radius 1 is 1.03 bits per heavy atom. The molecule has 1 unspecified atom stereocenters. The van der Waals surface area contributed by atoms with Crippen LogP contribution in [0.2, 0.25) is 0 Å². The Hall–Kier alpha value is -3.61. The van der Waals surface area contributed by atoms with Gasteiger partial charge in [-0.15, -0.1) is 0 Å². The minimum atomic E-state index is -4.38. The first-order valence-electron chi connectivity index (χ1n) is 12.4. The van der Waals surface area contributed by atoms with Gasteiger partial charge in [0.2, 0.25) is 0 Å². The number of unbranched alkanes of at least 4 members (excludes halogenated alkanes) is 1. The molecule has 0 radical (unpaired) electrons. The fraction of sp³-hybridized carbons (Fsp3) is 0.333. The van der Waals surface area contributed by atoms with Crippen LogP contribution in [0.4, 0.5) is 13.2 Å². The van der Waals surface area contributed by atoms with Crippen molar-refractivity contribution in [2.45, 2.75) is 59.2 Å². The summed E-state index contributed by atoms with van der Waals surface area (Å²) >= 11 is 0. The van der Waals surface area contributed by atoms with E-state index in [9.17, 15) is 18.0 Å². The molecule has 0 aliphatic carbocycles. The maximum atomic E-state index is 13.0. The van der Waals surface area contributed by atoms with Crippen molar-refractivity contribution in [1.29, 1.82) is 0 Å². The van der Waals surface area contributed by atoms with E-state index in [0.717, 1.165) is 59.5 Å². The van der Waals surface area contributed by atoms with Gasteiger partial charge in [0.1, 0.15) is 11.9 Å². The van der Waals surface area contributed by atoms with Crippen molar-refractivity contribution < 1.29 is 27.4 Å². The largest absolute Gasteiger partial charge is 0.484 e. The quantitative estimate of drug-likeness (QED) is 0.203. The van der Waals surface area contributed by atoms with Crippen LogP contribution in [0.1, 0.15) is 67.2 Å². The molecule has 0 fully saturated rings. The van der Waals surface area contributed by atoms with E-state index >= 15 is 0 Å². The van der Waals surface area contributed by atoms with Crippen LogP contribution in [0.15, 0.2) is 60.7 Å². The molecular weight excluding hydrogens is 479 g/mol. The van der Waals surface area contributed by atoms with Crippen molar-refractivity contribution >= 4 is 12.0 Å². The molecule has 4 nitrogen and oxygen atoms in total. The van der Waals surface area contributed by atoms with Crippen molar-refractivity contribution in [2.24, 2.45) is 0 Å². The molecular formula is C30H32F3NO3. The van der Waals surface area contributed by atoms with Crippen LogP contribution in [0.3, 0.4) is 0 Å². The van der Waals surface area contributed by atoms with Crippen LogP contribution in [0, 0.1) is 13.8 Å². The number of ether oxygens (including phenoxy) is 2. The summed E-state index contributed by atoms with van der Waals surface area (Å²) in [4.78, 5) is 16.4. The van der Waals surface area contributed by atoms with E-state index in [1.54, 1.807) is 19.1 Å². The molecule has 2 aromatic carbocycles. The second kappa shape index (κ2) is 12.6. The lowest BCUT2D eigenvalue weighted by atomic mass is 10.0. The number of halogens is 3. The fourth-order valence-corrected chi connectivity index (χ4v) is 4.04. The highest BCUT2D eigenvalue weighted by Crippen LogP contribution is 2.34. The van der Waals surface area contributed by atoms with Gasteiger partial charge in [0, 0.05) is 11.6 Å². The maximum absolute atomic E-state index is 13.0. The van der Waals surface area contributed by atoms with Crippen LogP contribution >= 0.6 is 0 Å². The summed E-state index contributed by atoms with van der Waals surface area (Å²) in [5.41, 5.74) is 3.92. The molecule has 3 rings (SSSR count). The SMILES string of the molecule is CCCCC(Oc1c(C)cc(C=CC(=O)OCC)cc1C)c1cccc(-c2ccc(C(F)(F)F)cc2)n1. The topological polar surface area (TPSA) is 48.4 Å². The van der Waals surface area contributed by atoms with Crippen molar-refractivity contribution in [3.05, 3.63) is 88.6 Å². The van der Waals surface area contributed by atoms with E-state index in [1.165, 1.54) is 18.2 Å². The Labute approximate surface area is 216 Å². The Morgan fingerprint density at radius 2 is 1.70 bits per heavy atom. The van der Waals surface area contributed by atoms with Crippen LogP contribution in [-0.2, 0) is 15.7 Å². The zero-order valence-electron chi connectivity index (χ0n) is 21.6. The van der Waals surface area contributed by atoms with Gasteiger partial charge in [-0.3, -0.25) is 0 Å². The lowest BCUT2D eigenvalue weighted by Crippen LogP contribution is -2.12. The van der Waals surface area contributed by atoms with E-state index in [1.807, 2.05) is 38.1 Å². The van der Waals surface area contributed by atoms with Crippen molar-refractivity contribution in [3.63, 3.8) is 0 Å². The molecule has 0 spiro atoms. The van der Waals surface area contributed by atoms with Gasteiger partial charge in [-0.2, -0.15) is 13.2 Å². The molecule has 0 saturated heterocycles. The first-order valence-corrected chi connectivity index (χ1v) is 12.4. The van der Waals surface area contributed by atoms with E-state index in [2.05, 4.69) is 6.92 Å². The minimum absolute atomic E-state index is 0.321. The first-order chi connectivity index (χ1) is 17.6. The predicted octanol–water partition coefficient (Wildman–Crippen LogP) is 8.27. The van der Waals surface area contributed by atoms with Crippen molar-refractivity contribution in [2.75, 3.05) is 6.61 Å². The number of carbonyl (C=O) groups is 1. The summed E-state index contributed by atoms with van der Waals surface area (Å²) in [6.45, 7) is 8.08. The summed E-state index contributed by atoms with van der Waals surface area (Å²) in [5.74, 6) is 0.355. The summed E-state index contributed by atoms with van der Waals surface area (Å²) in [6.07, 6.45) is 1.05. The number of aromatic nitrogens is 1. The molecule has 0 amide bonds. The highest BCUT2D eigenvalue weighted by molar-refractivity contribution is 5.87. The fourth-order valence-electron chi connectivity index (χ4n) is 4.04. The van der Waals surface area contributed by atoms with Crippen LogP contribution in [-0.4, -0.2) is 17.6 Å². The van der Waals surface area contributed by atoms with Gasteiger partial charge in [-0.05, 0) is 92.8 Å². The van der Waals surface area contributed by atoms with Crippen molar-refractivity contribution in [1.82, 2.24) is 4.98 Å². The maximum Gasteiger partial charge on any atom is 0.416 e. The number of aryl methyl sites for hydroxylation is 2. The Bertz CT molecular complexity index is 1210. The Balaban J connectivity index is 1.88. The van der Waals surface area contributed by atoms with E-state index in [4.69, 9.17) is 14.5 Å². The molecule has 1 heterocycles. The summed E-state index contributed by atoms with van der Waals surface area (Å²) in [6, 6.07) is 14.4. The first kappa shape index (κ1) is 28.0. The molecule has 0 bridgehead atoms. The van der Waals surface area contributed by atoms with Gasteiger partial charge in [0.05, 0.1) is 23.6 Å². The number of esters is 1. The number of hydrogen-bond acceptors (Lipinski definition) is 4. The molecule has 37 heavy (non-hydrogen) atoms. The van der Waals surface area contributed by atoms with E-state index < -0.39 is 17.7 Å². The minimum Gasteiger partial charge on any atom is -0.484 e. The summed E-state index contributed by atoms with van der Waals surface area (Å²) in [5, 5.41) is 0. The number of nitrogens with zero attached hydrogens (tertiary/aromatic N) is 1. The van der Waals surface area contributed by atoms with Crippen LogP contribution in [0.5, 0.6) is 5.75 Å². The molecule has 1 atom stereocenters. The highest BCUT2D eigenvalue weighted by atomic mass is 19.4. The number of hydrogen-bond donors (Lipinski definition) is 0. The normalized spacial score (nSPS) is 12.5. The second-order valence-electron chi connectivity index (χ2n) is 8.84. The molecule has 0 aliphatic rings. The van der Waals surface area contributed by atoms with Crippen LogP contribution in [0.25, 0.3) is 17.3 Å². The lowest BCUT2D eigenvalue weighted by Gasteiger charge is -2.22. The zero-order valence-corrected chi connectivity index (χ0v) is 21.6. The molecule has 196 valence electrons. The molecule has 0 N–H and O–H groups in total. The smallest absolute Gasteiger partial charge is 0.416 e. The van der Waals surface area contributed by atoms with Crippen LogP contribution < -0.4 is 4.74 Å². The van der Waals surface area contributed by atoms with Crippen molar-refractivity contribution in [3.8, 4) is 17.0 Å². The number of carbonyl (C=O) groups excluding carboxylic acids is 1. The highest BCUT2D eigenvalue weighted by Gasteiger charge is 2.30. The number of benzene rings is 2. The lowest BCUT2D eigenvalue weighted by molar-refractivity contribution is -0.138. The summed E-state index contributed by atoms with van der Waals surface area (Å²) in [7, 11) is 0. The Kier molecular flexibility index (Phi) is 9.50. The van der Waals surface area contributed by atoms with E-state index in [-0.39, 0.29) is 6.10 Å². The van der Waals surface area contributed by atoms with Gasteiger partial charge in [-0.1, -0.05) is 31.5 Å². The number of pyridine rings is 1. The molecule has 0 saturated carbocycles. The zero-order chi connectivity index (χ0) is 27.0. The predicted molar refractivity (Wildman–Crippen MR) is 139 cm³/mol. The average Bonchev–Trinajstić information content (AvgIpc) is 2.86. The average molecular weight is 512 g/mol. The number of alkyl halides is 3.